The smallest absolute Gasteiger partial charge is 0.306 e. The lowest BCUT2D eigenvalue weighted by molar-refractivity contribution is -0.147. The molecule has 3 heterocycles. The second-order valence-corrected chi connectivity index (χ2v) is 7.44. The van der Waals surface area contributed by atoms with Gasteiger partial charge in [-0.1, -0.05) is 41.9 Å². The molecule has 31 heavy (non-hydrogen) atoms. The molecular weight excluding hydrogens is 420 g/mol. The van der Waals surface area contributed by atoms with Crippen LogP contribution >= 0.6 is 11.6 Å². The Morgan fingerprint density at radius 3 is 2.71 bits per heavy atom. The molecule has 158 valence electrons. The molecule has 4 rings (SSSR count). The highest BCUT2D eigenvalue weighted by atomic mass is 35.5. The van der Waals surface area contributed by atoms with Gasteiger partial charge < -0.3 is 4.74 Å². The number of carbonyl (C=O) groups is 2. The van der Waals surface area contributed by atoms with Gasteiger partial charge >= 0.3 is 5.97 Å². The highest BCUT2D eigenvalue weighted by Crippen LogP contribution is 2.15. The average Bonchev–Trinajstić information content (AvgIpc) is 3.28. The number of aromatic nitrogens is 2. The third-order valence-corrected chi connectivity index (χ3v) is 5.02. The second-order valence-electron chi connectivity index (χ2n) is 7.00. The molecule has 1 aromatic carbocycles. The van der Waals surface area contributed by atoms with Crippen LogP contribution in [0.1, 0.15) is 30.5 Å². The fraction of sp³-hybridized carbons (Fsp3) is 0.227. The molecule has 1 aliphatic heterocycles. The van der Waals surface area contributed by atoms with E-state index in [2.05, 4.69) is 10.1 Å². The Bertz CT molecular complexity index is 1220. The molecule has 0 atom stereocenters. The Labute approximate surface area is 182 Å². The van der Waals surface area contributed by atoms with E-state index in [1.54, 1.807) is 12.1 Å². The van der Waals surface area contributed by atoms with Crippen molar-refractivity contribution in [1.82, 2.24) is 14.4 Å². The summed E-state index contributed by atoms with van der Waals surface area (Å²) < 4.78 is 6.49. The largest absolute Gasteiger partial charge is 0.459 e. The minimum absolute atomic E-state index is 0.00327. The van der Waals surface area contributed by atoms with E-state index in [0.29, 0.717) is 29.3 Å². The number of hydrazone groups is 1. The standard InChI is InChI=1S/C22H19ClN4O4/c23-16-6-7-19-24-17(12-21(29)26(19)13-16)14-31-22(30)9-8-20(28)27-11-10-18(25-27)15-4-2-1-3-5-15/h1-7,12-13H,8-11,14H2. The highest BCUT2D eigenvalue weighted by molar-refractivity contribution is 6.30. The van der Waals surface area contributed by atoms with Gasteiger partial charge in [0.25, 0.3) is 5.56 Å². The minimum atomic E-state index is -0.544. The van der Waals surface area contributed by atoms with Crippen molar-refractivity contribution in [3.8, 4) is 0 Å². The number of hydrogen-bond acceptors (Lipinski definition) is 6. The van der Waals surface area contributed by atoms with Gasteiger partial charge in [-0.3, -0.25) is 18.8 Å². The van der Waals surface area contributed by atoms with Crippen molar-refractivity contribution in [2.75, 3.05) is 6.54 Å². The van der Waals surface area contributed by atoms with Crippen molar-refractivity contribution in [1.29, 1.82) is 0 Å². The molecule has 3 aromatic rings. The Hall–Kier alpha value is -3.52. The van der Waals surface area contributed by atoms with Crippen LogP contribution in [0.15, 0.2) is 64.6 Å². The summed E-state index contributed by atoms with van der Waals surface area (Å²) in [7, 11) is 0. The number of pyridine rings is 1. The number of nitrogens with zero attached hydrogens (tertiary/aromatic N) is 4. The van der Waals surface area contributed by atoms with Crippen LogP contribution in [0.5, 0.6) is 0 Å². The summed E-state index contributed by atoms with van der Waals surface area (Å²) in [6, 6.07) is 14.2. The Morgan fingerprint density at radius 1 is 1.10 bits per heavy atom. The Kier molecular flexibility index (Phi) is 6.08. The fourth-order valence-electron chi connectivity index (χ4n) is 3.24. The van der Waals surface area contributed by atoms with Gasteiger partial charge in [0.05, 0.1) is 29.4 Å². The summed E-state index contributed by atoms with van der Waals surface area (Å²) in [6.07, 6.45) is 2.07. The molecule has 0 saturated carbocycles. The first-order chi connectivity index (χ1) is 15.0. The van der Waals surface area contributed by atoms with Gasteiger partial charge in [-0.05, 0) is 17.7 Å². The SMILES string of the molecule is O=C(CCC(=O)N1CCC(c2ccccc2)=N1)OCc1cc(=O)n2cc(Cl)ccc2n1. The van der Waals surface area contributed by atoms with Crippen LogP contribution in [-0.2, 0) is 20.9 Å². The number of ether oxygens (including phenoxy) is 1. The second kappa shape index (κ2) is 9.09. The molecule has 0 saturated heterocycles. The summed E-state index contributed by atoms with van der Waals surface area (Å²) in [5.74, 6) is -0.778. The number of fused-ring (bicyclic) bond motifs is 1. The maximum absolute atomic E-state index is 12.4. The van der Waals surface area contributed by atoms with Gasteiger partial charge in [-0.2, -0.15) is 5.10 Å². The van der Waals surface area contributed by atoms with E-state index < -0.39 is 5.97 Å². The van der Waals surface area contributed by atoms with Gasteiger partial charge in [0, 0.05) is 25.1 Å². The predicted molar refractivity (Wildman–Crippen MR) is 115 cm³/mol. The van der Waals surface area contributed by atoms with Crippen molar-refractivity contribution < 1.29 is 14.3 Å². The van der Waals surface area contributed by atoms with Crippen LogP contribution < -0.4 is 5.56 Å². The summed E-state index contributed by atoms with van der Waals surface area (Å²) in [4.78, 5) is 40.8. The summed E-state index contributed by atoms with van der Waals surface area (Å²) >= 11 is 5.88. The molecule has 0 spiro atoms. The zero-order valence-electron chi connectivity index (χ0n) is 16.5. The van der Waals surface area contributed by atoms with Crippen LogP contribution in [0.3, 0.4) is 0 Å². The third-order valence-electron chi connectivity index (χ3n) is 4.80. The maximum atomic E-state index is 12.4. The molecule has 2 aromatic heterocycles. The number of amides is 1. The number of carbonyl (C=O) groups excluding carboxylic acids is 2. The highest BCUT2D eigenvalue weighted by Gasteiger charge is 2.22. The van der Waals surface area contributed by atoms with Crippen molar-refractivity contribution in [3.05, 3.63) is 81.4 Å². The van der Waals surface area contributed by atoms with Gasteiger partial charge in [-0.25, -0.2) is 9.99 Å². The van der Waals surface area contributed by atoms with E-state index in [1.165, 1.54) is 21.7 Å². The number of rotatable bonds is 6. The molecular formula is C22H19ClN4O4. The first-order valence-electron chi connectivity index (χ1n) is 9.76. The average molecular weight is 439 g/mol. The van der Waals surface area contributed by atoms with Gasteiger partial charge in [0.2, 0.25) is 5.91 Å². The van der Waals surface area contributed by atoms with Crippen LogP contribution in [0, 0.1) is 0 Å². The van der Waals surface area contributed by atoms with E-state index in [9.17, 15) is 14.4 Å². The molecule has 0 unspecified atom stereocenters. The summed E-state index contributed by atoms with van der Waals surface area (Å²) in [6.45, 7) is 0.342. The quantitative estimate of drug-likeness (QED) is 0.552. The molecule has 0 bridgehead atoms. The molecule has 1 aliphatic rings. The van der Waals surface area contributed by atoms with E-state index in [0.717, 1.165) is 11.3 Å². The Balaban J connectivity index is 1.29. The monoisotopic (exact) mass is 438 g/mol. The molecule has 1 amide bonds. The topological polar surface area (TPSA) is 93.3 Å². The normalized spacial score (nSPS) is 13.3. The predicted octanol–water partition coefficient (Wildman–Crippen LogP) is 2.81. The zero-order valence-corrected chi connectivity index (χ0v) is 17.3. The first-order valence-corrected chi connectivity index (χ1v) is 10.1. The lowest BCUT2D eigenvalue weighted by Gasteiger charge is -2.11. The van der Waals surface area contributed by atoms with Crippen molar-refractivity contribution in [2.24, 2.45) is 5.10 Å². The number of hydrogen-bond donors (Lipinski definition) is 0. The van der Waals surface area contributed by atoms with Crippen molar-refractivity contribution >= 4 is 34.8 Å². The minimum Gasteiger partial charge on any atom is -0.459 e. The van der Waals surface area contributed by atoms with Crippen molar-refractivity contribution in [3.63, 3.8) is 0 Å². The van der Waals surface area contributed by atoms with E-state index >= 15 is 0 Å². The lowest BCUT2D eigenvalue weighted by atomic mass is 10.1. The molecule has 0 N–H and O–H groups in total. The third kappa shape index (κ3) is 4.97. The molecule has 8 nitrogen and oxygen atoms in total. The van der Waals surface area contributed by atoms with Gasteiger partial charge in [-0.15, -0.1) is 0 Å². The van der Waals surface area contributed by atoms with E-state index in [-0.39, 0.29) is 30.9 Å². The number of halogens is 1. The van der Waals surface area contributed by atoms with Gasteiger partial charge in [0.1, 0.15) is 12.3 Å². The number of esters is 1. The van der Waals surface area contributed by atoms with E-state index in [1.807, 2.05) is 30.3 Å². The van der Waals surface area contributed by atoms with Crippen LogP contribution in [0.25, 0.3) is 5.65 Å². The van der Waals surface area contributed by atoms with Crippen LogP contribution in [-0.4, -0.2) is 38.5 Å². The molecule has 0 aliphatic carbocycles. The fourth-order valence-corrected chi connectivity index (χ4v) is 3.40. The molecule has 0 fully saturated rings. The summed E-state index contributed by atoms with van der Waals surface area (Å²) in [5.41, 5.74) is 2.24. The van der Waals surface area contributed by atoms with E-state index in [4.69, 9.17) is 16.3 Å². The van der Waals surface area contributed by atoms with Crippen LogP contribution in [0.4, 0.5) is 0 Å². The van der Waals surface area contributed by atoms with Crippen molar-refractivity contribution in [2.45, 2.75) is 25.9 Å². The Morgan fingerprint density at radius 2 is 1.90 bits per heavy atom. The lowest BCUT2D eigenvalue weighted by Crippen LogP contribution is -2.24. The first kappa shape index (κ1) is 20.7. The molecule has 9 heteroatoms. The van der Waals surface area contributed by atoms with Gasteiger partial charge in [0.15, 0.2) is 0 Å². The zero-order chi connectivity index (χ0) is 21.8. The van der Waals surface area contributed by atoms with Crippen LogP contribution in [0.2, 0.25) is 5.02 Å². The number of benzene rings is 1. The summed E-state index contributed by atoms with van der Waals surface area (Å²) in [5, 5.41) is 6.18. The molecule has 0 radical (unpaired) electrons. The maximum Gasteiger partial charge on any atom is 0.306 e.